The van der Waals surface area contributed by atoms with Crippen molar-refractivity contribution in [3.8, 4) is 0 Å². The number of nitrogens with one attached hydrogen (secondary N) is 2. The van der Waals surface area contributed by atoms with Crippen LogP contribution in [0.25, 0.3) is 0 Å². The first kappa shape index (κ1) is 22.8. The van der Waals surface area contributed by atoms with Crippen molar-refractivity contribution in [3.05, 3.63) is 37.5 Å². The minimum Gasteiger partial charge on any atom is -0.461 e. The maximum absolute atomic E-state index is 10.6. The molecule has 10 heteroatoms. The predicted octanol–water partition coefficient (Wildman–Crippen LogP) is -0.458. The Morgan fingerprint density at radius 1 is 1.13 bits per heavy atom. The third-order valence-electron chi connectivity index (χ3n) is 1.82. The first-order chi connectivity index (χ1) is 10.5. The van der Waals surface area contributed by atoms with E-state index >= 15 is 0 Å². The summed E-state index contributed by atoms with van der Waals surface area (Å²) >= 11 is 0. The number of hydrogen-bond donors (Lipinski definition) is 3. The minimum absolute atomic E-state index is 0.0930. The standard InChI is InChI=1S/C7H10N2O2.C6H10O5S/c1-3-6(10)8-5-9-7(11)4-2;1-5(2)6(7)11-3-4-12(8,9)10/h3-4H,1-2,5H2,(H,8,10)(H,9,11);1,3-4H2,2H3,(H,8,9,10). The second-order valence-corrected chi connectivity index (χ2v) is 5.44. The van der Waals surface area contributed by atoms with Gasteiger partial charge in [-0.1, -0.05) is 19.7 Å². The van der Waals surface area contributed by atoms with E-state index in [4.69, 9.17) is 4.55 Å². The lowest BCUT2D eigenvalue weighted by Gasteiger charge is -2.01. The van der Waals surface area contributed by atoms with Gasteiger partial charge in [-0.15, -0.1) is 0 Å². The van der Waals surface area contributed by atoms with Gasteiger partial charge < -0.3 is 15.4 Å². The molecule has 0 heterocycles. The van der Waals surface area contributed by atoms with E-state index in [1.54, 1.807) is 0 Å². The highest BCUT2D eigenvalue weighted by Gasteiger charge is 2.07. The summed E-state index contributed by atoms with van der Waals surface area (Å²) in [6.45, 7) is 10.9. The third-order valence-corrected chi connectivity index (χ3v) is 2.50. The molecule has 0 saturated carbocycles. The molecule has 0 aliphatic heterocycles. The summed E-state index contributed by atoms with van der Waals surface area (Å²) in [5, 5.41) is 4.72. The van der Waals surface area contributed by atoms with E-state index in [0.717, 1.165) is 12.2 Å². The fourth-order valence-corrected chi connectivity index (χ4v) is 1.02. The molecule has 0 aromatic carbocycles. The number of ether oxygens (including phenoxy) is 1. The van der Waals surface area contributed by atoms with Gasteiger partial charge in [0.1, 0.15) is 12.4 Å². The molecule has 0 aliphatic carbocycles. The average Bonchev–Trinajstić information content (AvgIpc) is 2.45. The maximum Gasteiger partial charge on any atom is 0.333 e. The molecule has 0 atom stereocenters. The normalized spacial score (nSPS) is 9.48. The molecule has 0 aliphatic rings. The topological polar surface area (TPSA) is 139 Å². The molecule has 3 N–H and O–H groups in total. The van der Waals surface area contributed by atoms with Crippen LogP contribution in [-0.2, 0) is 29.2 Å². The molecule has 2 amide bonds. The Morgan fingerprint density at radius 3 is 1.87 bits per heavy atom. The number of carbonyl (C=O) groups excluding carboxylic acids is 3. The molecular formula is C13H20N2O7S. The van der Waals surface area contributed by atoms with Crippen LogP contribution in [0.1, 0.15) is 6.92 Å². The van der Waals surface area contributed by atoms with Crippen molar-refractivity contribution >= 4 is 27.9 Å². The molecule has 0 bridgehead atoms. The van der Waals surface area contributed by atoms with Crippen molar-refractivity contribution in [1.29, 1.82) is 0 Å². The van der Waals surface area contributed by atoms with Gasteiger partial charge in [0, 0.05) is 5.57 Å². The number of carbonyl (C=O) groups is 3. The molecule has 0 aromatic rings. The molecule has 0 fully saturated rings. The van der Waals surface area contributed by atoms with Gasteiger partial charge in [-0.05, 0) is 19.1 Å². The highest BCUT2D eigenvalue weighted by Crippen LogP contribution is 1.92. The SMILES string of the molecule is C=C(C)C(=O)OCCS(=O)(=O)O.C=CC(=O)NCNC(=O)C=C. The average molecular weight is 348 g/mol. The summed E-state index contributed by atoms with van der Waals surface area (Å²) in [6, 6.07) is 0. The van der Waals surface area contributed by atoms with Gasteiger partial charge in [-0.3, -0.25) is 14.1 Å². The van der Waals surface area contributed by atoms with E-state index in [0.29, 0.717) is 0 Å². The Balaban J connectivity index is 0. The van der Waals surface area contributed by atoms with Gasteiger partial charge >= 0.3 is 5.97 Å². The molecule has 0 saturated heterocycles. The van der Waals surface area contributed by atoms with E-state index in [1.807, 2.05) is 0 Å². The summed E-state index contributed by atoms with van der Waals surface area (Å²) in [5.41, 5.74) is 0.185. The van der Waals surface area contributed by atoms with Gasteiger partial charge in [-0.2, -0.15) is 8.42 Å². The Hall–Kier alpha value is -2.46. The zero-order valence-corrected chi connectivity index (χ0v) is 13.5. The lowest BCUT2D eigenvalue weighted by atomic mass is 10.4. The highest BCUT2D eigenvalue weighted by atomic mass is 32.2. The van der Waals surface area contributed by atoms with Crippen molar-refractivity contribution in [2.24, 2.45) is 0 Å². The summed E-state index contributed by atoms with van der Waals surface area (Å²) in [6.07, 6.45) is 2.25. The van der Waals surface area contributed by atoms with Crippen LogP contribution in [-0.4, -0.2) is 49.8 Å². The second kappa shape index (κ2) is 12.1. The first-order valence-corrected chi connectivity index (χ1v) is 7.72. The van der Waals surface area contributed by atoms with Crippen molar-refractivity contribution in [2.75, 3.05) is 19.0 Å². The summed E-state index contributed by atoms with van der Waals surface area (Å²) in [4.78, 5) is 31.6. The van der Waals surface area contributed by atoms with E-state index < -0.39 is 21.8 Å². The van der Waals surface area contributed by atoms with E-state index in [1.165, 1.54) is 6.92 Å². The van der Waals surface area contributed by atoms with Crippen LogP contribution in [0.5, 0.6) is 0 Å². The molecule has 130 valence electrons. The summed E-state index contributed by atoms with van der Waals surface area (Å²) < 4.78 is 32.9. The van der Waals surface area contributed by atoms with Gasteiger partial charge in [0.2, 0.25) is 11.8 Å². The van der Waals surface area contributed by atoms with Crippen molar-refractivity contribution in [2.45, 2.75) is 6.92 Å². The zero-order chi connectivity index (χ0) is 18.5. The highest BCUT2D eigenvalue weighted by molar-refractivity contribution is 7.85. The summed E-state index contributed by atoms with van der Waals surface area (Å²) in [7, 11) is -4.05. The number of hydrogen-bond acceptors (Lipinski definition) is 6. The van der Waals surface area contributed by atoms with Gasteiger partial charge in [0.05, 0.1) is 6.67 Å². The fourth-order valence-electron chi connectivity index (χ4n) is 0.726. The quantitative estimate of drug-likeness (QED) is 0.233. The van der Waals surface area contributed by atoms with Crippen LogP contribution in [0.2, 0.25) is 0 Å². The first-order valence-electron chi connectivity index (χ1n) is 6.11. The van der Waals surface area contributed by atoms with Crippen LogP contribution < -0.4 is 10.6 Å². The Kier molecular flexibility index (Phi) is 12.0. The van der Waals surface area contributed by atoms with Crippen LogP contribution in [0.4, 0.5) is 0 Å². The van der Waals surface area contributed by atoms with Gasteiger partial charge in [-0.25, -0.2) is 4.79 Å². The van der Waals surface area contributed by atoms with Crippen molar-refractivity contribution in [3.63, 3.8) is 0 Å². The lowest BCUT2D eigenvalue weighted by Crippen LogP contribution is -2.35. The molecule has 0 spiro atoms. The fraction of sp³-hybridized carbons (Fsp3) is 0.308. The number of rotatable bonds is 8. The zero-order valence-electron chi connectivity index (χ0n) is 12.7. The van der Waals surface area contributed by atoms with Crippen molar-refractivity contribution in [1.82, 2.24) is 10.6 Å². The largest absolute Gasteiger partial charge is 0.461 e. The molecular weight excluding hydrogens is 328 g/mol. The van der Waals surface area contributed by atoms with E-state index in [2.05, 4.69) is 35.1 Å². The van der Waals surface area contributed by atoms with Gasteiger partial charge in [0.25, 0.3) is 10.1 Å². The van der Waals surface area contributed by atoms with Crippen LogP contribution in [0, 0.1) is 0 Å². The molecule has 9 nitrogen and oxygen atoms in total. The molecule has 0 aromatic heterocycles. The van der Waals surface area contributed by atoms with E-state index in [9.17, 15) is 22.8 Å². The van der Waals surface area contributed by atoms with Crippen LogP contribution in [0.15, 0.2) is 37.5 Å². The Bertz CT molecular complexity index is 547. The number of esters is 1. The number of amides is 2. The molecule has 23 heavy (non-hydrogen) atoms. The molecule has 0 radical (unpaired) electrons. The second-order valence-electron chi connectivity index (χ2n) is 3.87. The third kappa shape index (κ3) is 17.5. The van der Waals surface area contributed by atoms with Gasteiger partial charge in [0.15, 0.2) is 0 Å². The smallest absolute Gasteiger partial charge is 0.333 e. The monoisotopic (exact) mass is 348 g/mol. The van der Waals surface area contributed by atoms with Crippen LogP contribution in [0.3, 0.4) is 0 Å². The lowest BCUT2D eigenvalue weighted by molar-refractivity contribution is -0.138. The minimum atomic E-state index is -4.05. The van der Waals surface area contributed by atoms with Crippen molar-refractivity contribution < 1.29 is 32.1 Å². The summed E-state index contributed by atoms with van der Waals surface area (Å²) in [5.74, 6) is -1.91. The van der Waals surface area contributed by atoms with E-state index in [-0.39, 0.29) is 30.7 Å². The Morgan fingerprint density at radius 2 is 1.57 bits per heavy atom. The predicted molar refractivity (Wildman–Crippen MR) is 83.7 cm³/mol. The molecule has 0 rings (SSSR count). The maximum atomic E-state index is 10.6. The van der Waals surface area contributed by atoms with Crippen LogP contribution >= 0.6 is 0 Å². The molecule has 0 unspecified atom stereocenters. The Labute approximate surface area is 134 Å².